The van der Waals surface area contributed by atoms with E-state index in [0.29, 0.717) is 0 Å². The van der Waals surface area contributed by atoms with E-state index in [4.69, 9.17) is 0 Å². The lowest BCUT2D eigenvalue weighted by atomic mass is 10.3. The van der Waals surface area contributed by atoms with Gasteiger partial charge in [0.05, 0.1) is 29.5 Å². The molecular weight excluding hydrogens is 202 g/mol. The molecule has 1 N–H and O–H groups in total. The summed E-state index contributed by atoms with van der Waals surface area (Å²) in [6, 6.07) is 0. The second-order valence-electron chi connectivity index (χ2n) is 3.64. The fourth-order valence-corrected chi connectivity index (χ4v) is 1.35. The highest BCUT2D eigenvalue weighted by atomic mass is 15.3. The van der Waals surface area contributed by atoms with Crippen molar-refractivity contribution in [3.8, 4) is 0 Å². The van der Waals surface area contributed by atoms with Crippen LogP contribution >= 0.6 is 0 Å². The molecule has 0 atom stereocenters. The maximum atomic E-state index is 4.39. The van der Waals surface area contributed by atoms with E-state index >= 15 is 0 Å². The molecule has 0 spiro atoms. The SMILES string of the molecule is CCn1cc(Nc2cnc(C)c(C)n2)cn1. The third kappa shape index (κ3) is 2.18. The summed E-state index contributed by atoms with van der Waals surface area (Å²) in [6.45, 7) is 6.80. The monoisotopic (exact) mass is 217 g/mol. The minimum Gasteiger partial charge on any atom is -0.336 e. The molecule has 2 aromatic rings. The van der Waals surface area contributed by atoms with Crippen molar-refractivity contribution in [3.63, 3.8) is 0 Å². The largest absolute Gasteiger partial charge is 0.336 e. The van der Waals surface area contributed by atoms with Gasteiger partial charge in [-0.15, -0.1) is 0 Å². The molecule has 16 heavy (non-hydrogen) atoms. The summed E-state index contributed by atoms with van der Waals surface area (Å²) in [5, 5.41) is 7.35. The van der Waals surface area contributed by atoms with E-state index < -0.39 is 0 Å². The molecule has 0 aliphatic carbocycles. The molecule has 0 aromatic carbocycles. The molecule has 2 rings (SSSR count). The number of anilines is 2. The molecule has 0 fully saturated rings. The minimum atomic E-state index is 0.749. The predicted octanol–water partition coefficient (Wildman–Crippen LogP) is 2.05. The molecule has 0 aliphatic rings. The van der Waals surface area contributed by atoms with Gasteiger partial charge in [0, 0.05) is 12.7 Å². The lowest BCUT2D eigenvalue weighted by Gasteiger charge is -2.04. The Labute approximate surface area is 94.5 Å². The molecule has 0 saturated carbocycles. The Kier molecular flexibility index (Phi) is 2.85. The van der Waals surface area contributed by atoms with Crippen molar-refractivity contribution in [2.24, 2.45) is 0 Å². The van der Waals surface area contributed by atoms with Crippen LogP contribution in [0.5, 0.6) is 0 Å². The summed E-state index contributed by atoms with van der Waals surface area (Å²) in [5.74, 6) is 0.749. The first-order chi connectivity index (χ1) is 7.69. The summed E-state index contributed by atoms with van der Waals surface area (Å²) >= 11 is 0. The second kappa shape index (κ2) is 4.30. The van der Waals surface area contributed by atoms with Crippen LogP contribution < -0.4 is 5.32 Å². The molecule has 0 amide bonds. The highest BCUT2D eigenvalue weighted by molar-refractivity contribution is 5.53. The summed E-state index contributed by atoms with van der Waals surface area (Å²) < 4.78 is 1.86. The zero-order valence-corrected chi connectivity index (χ0v) is 9.73. The van der Waals surface area contributed by atoms with Gasteiger partial charge in [-0.1, -0.05) is 0 Å². The first kappa shape index (κ1) is 10.6. The Morgan fingerprint density at radius 3 is 2.69 bits per heavy atom. The normalized spacial score (nSPS) is 10.4. The van der Waals surface area contributed by atoms with Crippen molar-refractivity contribution in [1.82, 2.24) is 19.7 Å². The fraction of sp³-hybridized carbons (Fsp3) is 0.364. The fourth-order valence-electron chi connectivity index (χ4n) is 1.35. The van der Waals surface area contributed by atoms with Gasteiger partial charge in [-0.05, 0) is 20.8 Å². The van der Waals surface area contributed by atoms with Crippen LogP contribution in [0.2, 0.25) is 0 Å². The van der Waals surface area contributed by atoms with Crippen molar-refractivity contribution < 1.29 is 0 Å². The summed E-state index contributed by atoms with van der Waals surface area (Å²) in [4.78, 5) is 8.64. The van der Waals surface area contributed by atoms with Gasteiger partial charge in [-0.2, -0.15) is 5.10 Å². The Morgan fingerprint density at radius 1 is 1.25 bits per heavy atom. The average Bonchev–Trinajstić information content (AvgIpc) is 2.71. The first-order valence-corrected chi connectivity index (χ1v) is 5.28. The van der Waals surface area contributed by atoms with Crippen LogP contribution in [0.4, 0.5) is 11.5 Å². The molecule has 0 aliphatic heterocycles. The summed E-state index contributed by atoms with van der Waals surface area (Å²) in [7, 11) is 0. The van der Waals surface area contributed by atoms with Crippen molar-refractivity contribution in [2.45, 2.75) is 27.3 Å². The number of nitrogens with zero attached hydrogens (tertiary/aromatic N) is 4. The Hall–Kier alpha value is -1.91. The van der Waals surface area contributed by atoms with Crippen LogP contribution in [-0.2, 0) is 6.54 Å². The van der Waals surface area contributed by atoms with Crippen LogP contribution in [0.15, 0.2) is 18.6 Å². The van der Waals surface area contributed by atoms with Gasteiger partial charge in [0.15, 0.2) is 0 Å². The van der Waals surface area contributed by atoms with Crippen molar-refractivity contribution in [3.05, 3.63) is 30.0 Å². The maximum absolute atomic E-state index is 4.39. The number of aryl methyl sites for hydroxylation is 3. The van der Waals surface area contributed by atoms with E-state index in [1.54, 1.807) is 12.4 Å². The number of aromatic nitrogens is 4. The van der Waals surface area contributed by atoms with Gasteiger partial charge in [-0.3, -0.25) is 9.67 Å². The van der Waals surface area contributed by atoms with Crippen LogP contribution in [0.25, 0.3) is 0 Å². The van der Waals surface area contributed by atoms with E-state index in [9.17, 15) is 0 Å². The van der Waals surface area contributed by atoms with Crippen LogP contribution in [0.1, 0.15) is 18.3 Å². The van der Waals surface area contributed by atoms with Crippen LogP contribution in [0.3, 0.4) is 0 Å². The Bertz CT molecular complexity index is 489. The summed E-state index contributed by atoms with van der Waals surface area (Å²) in [5.41, 5.74) is 2.82. The third-order valence-corrected chi connectivity index (χ3v) is 2.42. The topological polar surface area (TPSA) is 55.6 Å². The quantitative estimate of drug-likeness (QED) is 0.855. The Morgan fingerprint density at radius 2 is 2.06 bits per heavy atom. The Balaban J connectivity index is 2.17. The van der Waals surface area contributed by atoms with E-state index in [1.807, 2.05) is 31.6 Å². The standard InChI is InChI=1S/C11H15N5/c1-4-16-7-10(5-13-16)15-11-6-12-8(2)9(3)14-11/h5-7H,4H2,1-3H3,(H,14,15). The molecule has 5 heteroatoms. The van der Waals surface area contributed by atoms with Gasteiger partial charge in [0.1, 0.15) is 5.82 Å². The van der Waals surface area contributed by atoms with Crippen LogP contribution in [0, 0.1) is 13.8 Å². The number of nitrogens with one attached hydrogen (secondary N) is 1. The van der Waals surface area contributed by atoms with Gasteiger partial charge in [0.25, 0.3) is 0 Å². The third-order valence-electron chi connectivity index (χ3n) is 2.42. The predicted molar refractivity (Wildman–Crippen MR) is 62.7 cm³/mol. The van der Waals surface area contributed by atoms with Crippen molar-refractivity contribution in [2.75, 3.05) is 5.32 Å². The molecule has 2 aromatic heterocycles. The molecule has 0 unspecified atom stereocenters. The highest BCUT2D eigenvalue weighted by Crippen LogP contribution is 2.13. The molecule has 5 nitrogen and oxygen atoms in total. The first-order valence-electron chi connectivity index (χ1n) is 5.28. The van der Waals surface area contributed by atoms with Gasteiger partial charge < -0.3 is 5.32 Å². The molecule has 0 radical (unpaired) electrons. The van der Waals surface area contributed by atoms with Gasteiger partial charge in [-0.25, -0.2) is 4.98 Å². The second-order valence-corrected chi connectivity index (χ2v) is 3.64. The number of rotatable bonds is 3. The molecular formula is C11H15N5. The van der Waals surface area contributed by atoms with E-state index in [-0.39, 0.29) is 0 Å². The minimum absolute atomic E-state index is 0.749. The molecule has 2 heterocycles. The van der Waals surface area contributed by atoms with Gasteiger partial charge >= 0.3 is 0 Å². The zero-order chi connectivity index (χ0) is 11.5. The number of hydrogen-bond acceptors (Lipinski definition) is 4. The zero-order valence-electron chi connectivity index (χ0n) is 9.73. The molecule has 84 valence electrons. The van der Waals surface area contributed by atoms with Crippen molar-refractivity contribution in [1.29, 1.82) is 0 Å². The van der Waals surface area contributed by atoms with Crippen molar-refractivity contribution >= 4 is 11.5 Å². The average molecular weight is 217 g/mol. The van der Waals surface area contributed by atoms with Crippen LogP contribution in [-0.4, -0.2) is 19.7 Å². The van der Waals surface area contributed by atoms with E-state index in [0.717, 1.165) is 29.4 Å². The highest BCUT2D eigenvalue weighted by Gasteiger charge is 2.01. The summed E-state index contributed by atoms with van der Waals surface area (Å²) in [6.07, 6.45) is 5.45. The number of hydrogen-bond donors (Lipinski definition) is 1. The van der Waals surface area contributed by atoms with Gasteiger partial charge in [0.2, 0.25) is 0 Å². The lowest BCUT2D eigenvalue weighted by Crippen LogP contribution is -1.98. The smallest absolute Gasteiger partial charge is 0.149 e. The lowest BCUT2D eigenvalue weighted by molar-refractivity contribution is 0.660. The maximum Gasteiger partial charge on any atom is 0.149 e. The van der Waals surface area contributed by atoms with E-state index in [2.05, 4.69) is 20.4 Å². The molecule has 0 bridgehead atoms. The van der Waals surface area contributed by atoms with E-state index in [1.165, 1.54) is 0 Å². The molecule has 0 saturated heterocycles.